The SMILES string of the molecule is CC1(C)C(=O)NC(=O)N(CCCS(N)(=O)=O)C1=O. The molecule has 1 aliphatic rings. The lowest BCUT2D eigenvalue weighted by Crippen LogP contribution is -2.62. The first kappa shape index (κ1) is 14.6. The fourth-order valence-electron chi connectivity index (χ4n) is 1.47. The Hall–Kier alpha value is -1.48. The molecule has 0 radical (unpaired) electrons. The minimum absolute atomic E-state index is 0.0300. The van der Waals surface area contributed by atoms with Crippen molar-refractivity contribution >= 4 is 27.9 Å². The normalized spacial score (nSPS) is 19.9. The van der Waals surface area contributed by atoms with E-state index in [9.17, 15) is 22.8 Å². The van der Waals surface area contributed by atoms with Crippen molar-refractivity contribution < 1.29 is 22.8 Å². The van der Waals surface area contributed by atoms with Crippen LogP contribution in [0.4, 0.5) is 4.79 Å². The first-order valence-corrected chi connectivity index (χ1v) is 6.95. The van der Waals surface area contributed by atoms with E-state index in [0.717, 1.165) is 4.90 Å². The zero-order valence-corrected chi connectivity index (χ0v) is 10.9. The highest BCUT2D eigenvalue weighted by molar-refractivity contribution is 7.89. The summed E-state index contributed by atoms with van der Waals surface area (Å²) in [5.41, 5.74) is -1.34. The molecule has 1 heterocycles. The molecular formula is C9H15N3O5S. The first-order chi connectivity index (χ1) is 8.05. The van der Waals surface area contributed by atoms with E-state index in [0.29, 0.717) is 0 Å². The Kier molecular flexibility index (Phi) is 3.77. The van der Waals surface area contributed by atoms with Gasteiger partial charge < -0.3 is 0 Å². The molecular weight excluding hydrogens is 262 g/mol. The maximum absolute atomic E-state index is 11.9. The molecule has 0 aromatic rings. The van der Waals surface area contributed by atoms with Gasteiger partial charge in [0.25, 0.3) is 0 Å². The Bertz CT molecular complexity index is 496. The summed E-state index contributed by atoms with van der Waals surface area (Å²) in [6.07, 6.45) is 0.0300. The van der Waals surface area contributed by atoms with Crippen LogP contribution in [0.3, 0.4) is 0 Å². The smallest absolute Gasteiger partial charge is 0.277 e. The van der Waals surface area contributed by atoms with Crippen LogP contribution >= 0.6 is 0 Å². The number of carbonyl (C=O) groups is 3. The Morgan fingerprint density at radius 1 is 1.28 bits per heavy atom. The minimum atomic E-state index is -3.64. The third-order valence-electron chi connectivity index (χ3n) is 2.62. The van der Waals surface area contributed by atoms with Crippen molar-refractivity contribution in [2.45, 2.75) is 20.3 Å². The molecule has 8 nitrogen and oxygen atoms in total. The van der Waals surface area contributed by atoms with Crippen molar-refractivity contribution in [2.75, 3.05) is 12.3 Å². The Morgan fingerprint density at radius 2 is 1.83 bits per heavy atom. The minimum Gasteiger partial charge on any atom is -0.277 e. The maximum Gasteiger partial charge on any atom is 0.330 e. The summed E-state index contributed by atoms with van der Waals surface area (Å²) in [4.78, 5) is 35.6. The summed E-state index contributed by atoms with van der Waals surface area (Å²) in [6.45, 7) is 2.69. The largest absolute Gasteiger partial charge is 0.330 e. The van der Waals surface area contributed by atoms with Gasteiger partial charge in [-0.3, -0.25) is 19.8 Å². The highest BCUT2D eigenvalue weighted by Crippen LogP contribution is 2.23. The van der Waals surface area contributed by atoms with Crippen molar-refractivity contribution in [3.8, 4) is 0 Å². The standard InChI is InChI=1S/C9H15N3O5S/c1-9(2)6(13)11-8(15)12(7(9)14)4-3-5-18(10,16)17/h3-5H2,1-2H3,(H2,10,16,17)(H,11,13,15). The van der Waals surface area contributed by atoms with Gasteiger partial charge in [0.05, 0.1) is 5.75 Å². The number of rotatable bonds is 4. The lowest BCUT2D eigenvalue weighted by molar-refractivity contribution is -0.149. The average Bonchev–Trinajstić information content (AvgIpc) is 2.19. The van der Waals surface area contributed by atoms with Gasteiger partial charge in [-0.1, -0.05) is 0 Å². The lowest BCUT2D eigenvalue weighted by atomic mass is 9.89. The molecule has 1 rings (SSSR count). The van der Waals surface area contributed by atoms with Crippen molar-refractivity contribution in [2.24, 2.45) is 10.6 Å². The highest BCUT2D eigenvalue weighted by Gasteiger charge is 2.46. The number of sulfonamides is 1. The molecule has 0 atom stereocenters. The van der Waals surface area contributed by atoms with Gasteiger partial charge in [0.2, 0.25) is 21.8 Å². The molecule has 0 aliphatic carbocycles. The number of nitrogens with one attached hydrogen (secondary N) is 1. The maximum atomic E-state index is 11.9. The Balaban J connectivity index is 2.73. The molecule has 0 saturated carbocycles. The van der Waals surface area contributed by atoms with Gasteiger partial charge in [0.15, 0.2) is 0 Å². The van der Waals surface area contributed by atoms with Crippen molar-refractivity contribution in [1.29, 1.82) is 0 Å². The Labute approximate surface area is 105 Å². The van der Waals surface area contributed by atoms with E-state index in [1.165, 1.54) is 13.8 Å². The molecule has 4 amide bonds. The summed E-state index contributed by atoms with van der Waals surface area (Å²) in [6, 6.07) is -0.834. The number of hydrogen-bond acceptors (Lipinski definition) is 5. The van der Waals surface area contributed by atoms with Crippen LogP contribution in [0, 0.1) is 5.41 Å². The Morgan fingerprint density at radius 3 is 2.33 bits per heavy atom. The predicted octanol–water partition coefficient (Wildman–Crippen LogP) is -1.23. The van der Waals surface area contributed by atoms with Gasteiger partial charge in [-0.05, 0) is 20.3 Å². The van der Waals surface area contributed by atoms with Gasteiger partial charge in [0.1, 0.15) is 5.41 Å². The molecule has 0 aromatic carbocycles. The number of primary sulfonamides is 1. The second kappa shape index (κ2) is 4.65. The van der Waals surface area contributed by atoms with Gasteiger partial charge in [0, 0.05) is 6.54 Å². The van der Waals surface area contributed by atoms with E-state index in [1.54, 1.807) is 0 Å². The third kappa shape index (κ3) is 3.05. The van der Waals surface area contributed by atoms with Gasteiger partial charge in [-0.25, -0.2) is 18.4 Å². The van der Waals surface area contributed by atoms with Crippen LogP contribution in [0.2, 0.25) is 0 Å². The summed E-state index contributed by atoms with van der Waals surface area (Å²) in [5.74, 6) is -1.65. The van der Waals surface area contributed by atoms with E-state index < -0.39 is 33.3 Å². The number of nitrogens with zero attached hydrogens (tertiary/aromatic N) is 1. The molecule has 0 bridgehead atoms. The molecule has 1 fully saturated rings. The van der Waals surface area contributed by atoms with Crippen LogP contribution in [0.15, 0.2) is 0 Å². The van der Waals surface area contributed by atoms with Crippen LogP contribution in [-0.2, 0) is 19.6 Å². The van der Waals surface area contributed by atoms with Crippen molar-refractivity contribution in [3.05, 3.63) is 0 Å². The monoisotopic (exact) mass is 277 g/mol. The molecule has 9 heteroatoms. The number of carbonyl (C=O) groups excluding carboxylic acids is 3. The number of imide groups is 2. The number of amides is 4. The predicted molar refractivity (Wildman–Crippen MR) is 61.6 cm³/mol. The van der Waals surface area contributed by atoms with Crippen molar-refractivity contribution in [3.63, 3.8) is 0 Å². The van der Waals surface area contributed by atoms with Crippen LogP contribution in [-0.4, -0.2) is 43.5 Å². The molecule has 18 heavy (non-hydrogen) atoms. The number of barbiturate groups is 1. The third-order valence-corrected chi connectivity index (χ3v) is 3.48. The topological polar surface area (TPSA) is 127 Å². The second-order valence-corrected chi connectivity index (χ2v) is 6.30. The molecule has 0 unspecified atom stereocenters. The van der Waals surface area contributed by atoms with Crippen LogP contribution < -0.4 is 10.5 Å². The quantitative estimate of drug-likeness (QED) is 0.622. The summed E-state index contributed by atoms with van der Waals surface area (Å²) in [7, 11) is -3.64. The molecule has 0 spiro atoms. The zero-order chi connectivity index (χ0) is 14.1. The summed E-state index contributed by atoms with van der Waals surface area (Å²) < 4.78 is 21.5. The van der Waals surface area contributed by atoms with Crippen LogP contribution in [0.1, 0.15) is 20.3 Å². The van der Waals surface area contributed by atoms with E-state index in [1.807, 2.05) is 5.32 Å². The lowest BCUT2D eigenvalue weighted by Gasteiger charge is -2.34. The zero-order valence-electron chi connectivity index (χ0n) is 10.1. The van der Waals surface area contributed by atoms with Crippen molar-refractivity contribution in [1.82, 2.24) is 10.2 Å². The molecule has 0 aromatic heterocycles. The second-order valence-electron chi connectivity index (χ2n) is 4.56. The first-order valence-electron chi connectivity index (χ1n) is 5.23. The van der Waals surface area contributed by atoms with E-state index in [2.05, 4.69) is 0 Å². The van der Waals surface area contributed by atoms with E-state index >= 15 is 0 Å². The summed E-state index contributed by atoms with van der Waals surface area (Å²) >= 11 is 0. The highest BCUT2D eigenvalue weighted by atomic mass is 32.2. The fourth-order valence-corrected chi connectivity index (χ4v) is 2.01. The van der Waals surface area contributed by atoms with Crippen LogP contribution in [0.25, 0.3) is 0 Å². The van der Waals surface area contributed by atoms with Gasteiger partial charge in [-0.2, -0.15) is 0 Å². The fraction of sp³-hybridized carbons (Fsp3) is 0.667. The van der Waals surface area contributed by atoms with E-state index in [4.69, 9.17) is 5.14 Å². The van der Waals surface area contributed by atoms with Crippen LogP contribution in [0.5, 0.6) is 0 Å². The molecule has 3 N–H and O–H groups in total. The van der Waals surface area contributed by atoms with Gasteiger partial charge in [-0.15, -0.1) is 0 Å². The molecule has 1 aliphatic heterocycles. The van der Waals surface area contributed by atoms with E-state index in [-0.39, 0.29) is 18.7 Å². The average molecular weight is 277 g/mol. The summed E-state index contributed by atoms with van der Waals surface area (Å²) in [5, 5.41) is 6.85. The number of nitrogens with two attached hydrogens (primary N) is 1. The number of urea groups is 1. The van der Waals surface area contributed by atoms with Gasteiger partial charge >= 0.3 is 6.03 Å². The molecule has 102 valence electrons. The molecule has 1 saturated heterocycles. The number of hydrogen-bond donors (Lipinski definition) is 2.